The number of ether oxygens (including phenoxy) is 2. The highest BCUT2D eigenvalue weighted by Gasteiger charge is 2.54. The van der Waals surface area contributed by atoms with E-state index in [2.05, 4.69) is 21.3 Å². The highest BCUT2D eigenvalue weighted by molar-refractivity contribution is 6.07. The smallest absolute Gasteiger partial charge is 0.336 e. The fourth-order valence-electron chi connectivity index (χ4n) is 6.63. The molecule has 0 aromatic heterocycles. The summed E-state index contributed by atoms with van der Waals surface area (Å²) < 4.78 is 10.8. The zero-order valence-electron chi connectivity index (χ0n) is 24.5. The number of unbranched alkanes of at least 4 members (excludes halogenated alkanes) is 1. The van der Waals surface area contributed by atoms with Crippen LogP contribution in [-0.4, -0.2) is 73.0 Å². The lowest BCUT2D eigenvalue weighted by Gasteiger charge is -2.43. The molecule has 0 saturated carbocycles. The number of para-hydroxylation sites is 1. The number of nitrogens with zero attached hydrogens (tertiary/aromatic N) is 3. The number of nitro benzene ring substituents is 1. The molecule has 3 unspecified atom stereocenters. The van der Waals surface area contributed by atoms with Crippen LogP contribution in [0.1, 0.15) is 50.3 Å². The van der Waals surface area contributed by atoms with E-state index in [1.807, 2.05) is 18.2 Å². The van der Waals surface area contributed by atoms with Crippen LogP contribution >= 0.6 is 0 Å². The average molecular weight is 579 g/mol. The molecule has 42 heavy (non-hydrogen) atoms. The van der Waals surface area contributed by atoms with Crippen LogP contribution < -0.4 is 10.1 Å². The number of aliphatic imine (C=N–C) groups is 1. The van der Waals surface area contributed by atoms with Crippen molar-refractivity contribution in [2.75, 3.05) is 40.4 Å². The summed E-state index contributed by atoms with van der Waals surface area (Å²) in [5, 5.41) is 25.7. The maximum atomic E-state index is 13.3. The van der Waals surface area contributed by atoms with Gasteiger partial charge in [0, 0.05) is 54.2 Å². The summed E-state index contributed by atoms with van der Waals surface area (Å²) in [4.78, 5) is 44.2. The van der Waals surface area contributed by atoms with Gasteiger partial charge in [0.25, 0.3) is 5.69 Å². The Bertz CT molecular complexity index is 1410. The van der Waals surface area contributed by atoms with Gasteiger partial charge in [0.1, 0.15) is 11.7 Å². The van der Waals surface area contributed by atoms with Crippen molar-refractivity contribution >= 4 is 23.3 Å². The fourth-order valence-corrected chi connectivity index (χ4v) is 6.63. The number of piperazine rings is 1. The van der Waals surface area contributed by atoms with Gasteiger partial charge in [0.15, 0.2) is 0 Å². The Hall–Kier alpha value is -4.09. The number of non-ortho nitro benzene ring substituents is 1. The lowest BCUT2D eigenvalue weighted by Crippen LogP contribution is -2.50. The van der Waals surface area contributed by atoms with E-state index in [4.69, 9.17) is 9.47 Å². The maximum absolute atomic E-state index is 13.3. The van der Waals surface area contributed by atoms with Crippen LogP contribution in [0.25, 0.3) is 0 Å². The van der Waals surface area contributed by atoms with Gasteiger partial charge in [-0.05, 0) is 44.9 Å². The van der Waals surface area contributed by atoms with E-state index in [0.717, 1.165) is 37.5 Å². The normalized spacial score (nSPS) is 22.8. The molecular formula is C31H38N4O7. The van der Waals surface area contributed by atoms with Gasteiger partial charge in [-0.25, -0.2) is 4.79 Å². The molecule has 0 radical (unpaired) electrons. The first-order valence-corrected chi connectivity index (χ1v) is 14.1. The first-order valence-electron chi connectivity index (χ1n) is 14.1. The van der Waals surface area contributed by atoms with Gasteiger partial charge < -0.3 is 19.9 Å². The Morgan fingerprint density at radius 1 is 1.17 bits per heavy atom. The standard InChI is InChI=1S/C31H38N4O7/c1-20-27(29(36)37)31(28(21(2)33-20)30(38)42-4,22-10-9-11-23(18-22)35(39)40)14-7-8-16-34-17-15-32-19-25(34)24-12-5-6-13-26(24)41-3/h5-6,9-13,18,25,27,32H,7-8,14-17,19H2,1-4H3,(H,36,37). The minimum atomic E-state index is -1.41. The summed E-state index contributed by atoms with van der Waals surface area (Å²) in [6.07, 6.45) is 1.51. The second-order valence-electron chi connectivity index (χ2n) is 10.7. The minimum Gasteiger partial charge on any atom is -0.496 e. The molecule has 4 rings (SSSR count). The fraction of sp³-hybridized carbons (Fsp3) is 0.452. The van der Waals surface area contributed by atoms with Gasteiger partial charge in [-0.1, -0.05) is 36.8 Å². The Kier molecular flexibility index (Phi) is 9.74. The number of benzene rings is 2. The lowest BCUT2D eigenvalue weighted by atomic mass is 9.59. The van der Waals surface area contributed by atoms with Crippen molar-refractivity contribution in [1.82, 2.24) is 10.2 Å². The van der Waals surface area contributed by atoms with E-state index in [0.29, 0.717) is 29.8 Å². The van der Waals surface area contributed by atoms with Crippen LogP contribution in [0.4, 0.5) is 5.69 Å². The van der Waals surface area contributed by atoms with Crippen molar-refractivity contribution in [1.29, 1.82) is 0 Å². The zero-order valence-corrected chi connectivity index (χ0v) is 24.5. The minimum absolute atomic E-state index is 0.101. The molecule has 3 atom stereocenters. The quantitative estimate of drug-likeness (QED) is 0.173. The second kappa shape index (κ2) is 13.3. The largest absolute Gasteiger partial charge is 0.496 e. The van der Waals surface area contributed by atoms with Crippen LogP contribution in [0.5, 0.6) is 5.75 Å². The lowest BCUT2D eigenvalue weighted by molar-refractivity contribution is -0.385. The third-order valence-corrected chi connectivity index (χ3v) is 8.39. The number of nitrogens with one attached hydrogen (secondary N) is 1. The first-order chi connectivity index (χ1) is 20.1. The van der Waals surface area contributed by atoms with Crippen molar-refractivity contribution in [2.45, 2.75) is 44.6 Å². The van der Waals surface area contributed by atoms with E-state index < -0.39 is 28.2 Å². The molecule has 1 fully saturated rings. The van der Waals surface area contributed by atoms with E-state index in [1.54, 1.807) is 27.0 Å². The predicted octanol–water partition coefficient (Wildman–Crippen LogP) is 4.28. The monoisotopic (exact) mass is 578 g/mol. The van der Waals surface area contributed by atoms with E-state index in [9.17, 15) is 24.8 Å². The number of carboxylic acids is 1. The third-order valence-electron chi connectivity index (χ3n) is 8.39. The number of rotatable bonds is 11. The van der Waals surface area contributed by atoms with Crippen molar-refractivity contribution in [3.63, 3.8) is 0 Å². The molecule has 2 aromatic carbocycles. The third kappa shape index (κ3) is 5.93. The number of carboxylic acid groups (broad SMARTS) is 1. The summed E-state index contributed by atoms with van der Waals surface area (Å²) in [6.45, 7) is 6.45. The van der Waals surface area contributed by atoms with Gasteiger partial charge >= 0.3 is 11.9 Å². The van der Waals surface area contributed by atoms with Gasteiger partial charge in [-0.2, -0.15) is 0 Å². The van der Waals surface area contributed by atoms with Crippen molar-refractivity contribution in [2.24, 2.45) is 10.9 Å². The number of esters is 1. The molecule has 11 heteroatoms. The summed E-state index contributed by atoms with van der Waals surface area (Å²) >= 11 is 0. The van der Waals surface area contributed by atoms with Gasteiger partial charge in [0.05, 0.1) is 30.8 Å². The molecule has 2 aliphatic heterocycles. The summed E-state index contributed by atoms with van der Waals surface area (Å²) in [7, 11) is 2.90. The van der Waals surface area contributed by atoms with Gasteiger partial charge in [-0.15, -0.1) is 0 Å². The number of hydrogen-bond donors (Lipinski definition) is 2. The van der Waals surface area contributed by atoms with Crippen molar-refractivity contribution in [3.8, 4) is 5.75 Å². The van der Waals surface area contributed by atoms with Crippen LogP contribution in [-0.2, 0) is 19.7 Å². The molecular weight excluding hydrogens is 540 g/mol. The number of methoxy groups -OCH3 is 2. The topological polar surface area (TPSA) is 144 Å². The molecule has 0 amide bonds. The Morgan fingerprint density at radius 2 is 1.93 bits per heavy atom. The molecule has 2 N–H and O–H groups in total. The highest BCUT2D eigenvalue weighted by atomic mass is 16.6. The molecule has 1 saturated heterocycles. The summed E-state index contributed by atoms with van der Waals surface area (Å²) in [6, 6.07) is 14.0. The number of allylic oxidation sites excluding steroid dienone is 1. The Morgan fingerprint density at radius 3 is 2.62 bits per heavy atom. The zero-order chi connectivity index (χ0) is 30.4. The van der Waals surface area contributed by atoms with Crippen molar-refractivity contribution in [3.05, 3.63) is 81.0 Å². The average Bonchev–Trinajstić information content (AvgIpc) is 2.98. The first kappa shape index (κ1) is 30.9. The maximum Gasteiger partial charge on any atom is 0.336 e. The molecule has 2 aromatic rings. The SMILES string of the molecule is COC(=O)C1=C(C)N=C(C)C(C(=O)O)C1(CCCCN1CCNCC1c1ccccc1OC)c1cccc([N+](=O)[O-])c1. The number of aliphatic carboxylic acids is 1. The molecule has 0 spiro atoms. The van der Waals surface area contributed by atoms with Crippen molar-refractivity contribution < 1.29 is 29.1 Å². The van der Waals surface area contributed by atoms with E-state index in [-0.39, 0.29) is 23.7 Å². The summed E-state index contributed by atoms with van der Waals surface area (Å²) in [5.41, 5.74) is 0.686. The highest BCUT2D eigenvalue weighted by Crippen LogP contribution is 2.49. The number of carbonyl (C=O) groups is 2. The Balaban J connectivity index is 1.70. The van der Waals surface area contributed by atoms with E-state index >= 15 is 0 Å². The molecule has 2 heterocycles. The van der Waals surface area contributed by atoms with Gasteiger partial charge in [0.2, 0.25) is 0 Å². The van der Waals surface area contributed by atoms with Crippen LogP contribution in [0.2, 0.25) is 0 Å². The molecule has 0 bridgehead atoms. The molecule has 0 aliphatic carbocycles. The number of hydrogen-bond acceptors (Lipinski definition) is 9. The van der Waals surface area contributed by atoms with E-state index in [1.165, 1.54) is 25.3 Å². The Labute approximate surface area is 245 Å². The number of carbonyl (C=O) groups excluding carboxylic acids is 1. The molecule has 2 aliphatic rings. The predicted molar refractivity (Wildman–Crippen MR) is 158 cm³/mol. The van der Waals surface area contributed by atoms with Crippen LogP contribution in [0.3, 0.4) is 0 Å². The number of nitro groups is 1. The molecule has 11 nitrogen and oxygen atoms in total. The summed E-state index contributed by atoms with van der Waals surface area (Å²) in [5.74, 6) is -2.24. The van der Waals surface area contributed by atoms with Crippen LogP contribution in [0.15, 0.2) is 64.8 Å². The van der Waals surface area contributed by atoms with Crippen LogP contribution in [0, 0.1) is 16.0 Å². The molecule has 224 valence electrons. The van der Waals surface area contributed by atoms with Gasteiger partial charge in [-0.3, -0.25) is 24.8 Å². The second-order valence-corrected chi connectivity index (χ2v) is 10.7.